The van der Waals surface area contributed by atoms with Gasteiger partial charge < -0.3 is 15.6 Å². The number of ether oxygens (including phenoxy) is 1. The van der Waals surface area contributed by atoms with Gasteiger partial charge in [0, 0.05) is 12.1 Å². The van der Waals surface area contributed by atoms with E-state index in [4.69, 9.17) is 10.5 Å². The minimum Gasteiger partial charge on any atom is -0.508 e. The third kappa shape index (κ3) is 1.81. The number of benzene rings is 1. The van der Waals surface area contributed by atoms with Gasteiger partial charge in [0.2, 0.25) is 0 Å². The molecule has 0 radical (unpaired) electrons. The highest BCUT2D eigenvalue weighted by Crippen LogP contribution is 2.31. The van der Waals surface area contributed by atoms with Crippen molar-refractivity contribution in [1.82, 2.24) is 5.32 Å². The van der Waals surface area contributed by atoms with Gasteiger partial charge in [-0.25, -0.2) is 4.79 Å². The summed E-state index contributed by atoms with van der Waals surface area (Å²) in [4.78, 5) is 10.9. The Balaban J connectivity index is 2.43. The lowest BCUT2D eigenvalue weighted by atomic mass is 9.92. The van der Waals surface area contributed by atoms with Crippen molar-refractivity contribution in [3.63, 3.8) is 0 Å². The van der Waals surface area contributed by atoms with E-state index >= 15 is 0 Å². The van der Waals surface area contributed by atoms with Gasteiger partial charge in [-0.1, -0.05) is 0 Å². The number of nitrogens with two attached hydrogens (primary N) is 1. The van der Waals surface area contributed by atoms with Gasteiger partial charge in [-0.3, -0.25) is 5.32 Å². The highest BCUT2D eigenvalue weighted by molar-refractivity contribution is 5.65. The second-order valence-electron chi connectivity index (χ2n) is 3.97. The number of nitrogens with one attached hydrogen (secondary N) is 1. The van der Waals surface area contributed by atoms with Crippen molar-refractivity contribution in [2.45, 2.75) is 19.1 Å². The molecule has 86 valence electrons. The molecule has 0 aromatic heterocycles. The summed E-state index contributed by atoms with van der Waals surface area (Å²) in [5.74, 6) is 0.210. The van der Waals surface area contributed by atoms with Crippen LogP contribution in [0.1, 0.15) is 18.1 Å². The zero-order valence-electron chi connectivity index (χ0n) is 8.99. The Bertz CT molecular complexity index is 433. The highest BCUT2D eigenvalue weighted by Gasteiger charge is 2.34. The number of carbonyl (C=O) groups is 1. The summed E-state index contributed by atoms with van der Waals surface area (Å²) in [7, 11) is 0. The Kier molecular flexibility index (Phi) is 2.47. The van der Waals surface area contributed by atoms with Crippen LogP contribution in [0, 0.1) is 0 Å². The minimum absolute atomic E-state index is 0.210. The van der Waals surface area contributed by atoms with Gasteiger partial charge in [-0.05, 0) is 37.1 Å². The number of hydrogen-bond donors (Lipinski definition) is 3. The molecule has 0 spiro atoms. The average molecular weight is 222 g/mol. The number of fused-ring (bicyclic) bond motifs is 1. The number of phenols is 1. The SMILES string of the molecule is CC1(OC(N)=O)NCCc2cc(O)ccc21. The van der Waals surface area contributed by atoms with Gasteiger partial charge in [-0.2, -0.15) is 0 Å². The molecule has 1 aromatic rings. The number of aromatic hydroxyl groups is 1. The Hall–Kier alpha value is -1.75. The molecule has 0 saturated carbocycles. The molecule has 0 saturated heterocycles. The van der Waals surface area contributed by atoms with E-state index in [1.807, 2.05) is 0 Å². The van der Waals surface area contributed by atoms with Crippen LogP contribution in [0.15, 0.2) is 18.2 Å². The molecule has 5 nitrogen and oxygen atoms in total. The molecule has 1 amide bonds. The monoisotopic (exact) mass is 222 g/mol. The second-order valence-corrected chi connectivity index (χ2v) is 3.97. The predicted octanol–water partition coefficient (Wildman–Crippen LogP) is 0.806. The summed E-state index contributed by atoms with van der Waals surface area (Å²) in [6, 6.07) is 4.98. The molecule has 0 bridgehead atoms. The van der Waals surface area contributed by atoms with Gasteiger partial charge in [0.1, 0.15) is 5.75 Å². The Morgan fingerprint density at radius 2 is 2.38 bits per heavy atom. The summed E-state index contributed by atoms with van der Waals surface area (Å²) >= 11 is 0. The van der Waals surface area contributed by atoms with E-state index in [-0.39, 0.29) is 5.75 Å². The maximum atomic E-state index is 10.9. The third-order valence-corrected chi connectivity index (χ3v) is 2.76. The van der Waals surface area contributed by atoms with Crippen LogP contribution in [-0.2, 0) is 16.9 Å². The van der Waals surface area contributed by atoms with Crippen LogP contribution in [0.4, 0.5) is 4.79 Å². The summed E-state index contributed by atoms with van der Waals surface area (Å²) in [6.45, 7) is 2.41. The molecule has 0 fully saturated rings. The van der Waals surface area contributed by atoms with Crippen molar-refractivity contribution < 1.29 is 14.6 Å². The van der Waals surface area contributed by atoms with Crippen molar-refractivity contribution in [2.75, 3.05) is 6.54 Å². The molecular weight excluding hydrogens is 208 g/mol. The van der Waals surface area contributed by atoms with Crippen molar-refractivity contribution in [3.8, 4) is 5.75 Å². The fourth-order valence-electron chi connectivity index (χ4n) is 2.08. The van der Waals surface area contributed by atoms with Crippen molar-refractivity contribution in [2.24, 2.45) is 5.73 Å². The van der Waals surface area contributed by atoms with Crippen LogP contribution in [-0.4, -0.2) is 17.7 Å². The predicted molar refractivity (Wildman–Crippen MR) is 57.8 cm³/mol. The quantitative estimate of drug-likeness (QED) is 0.656. The lowest BCUT2D eigenvalue weighted by Crippen LogP contribution is -2.49. The van der Waals surface area contributed by atoms with Crippen LogP contribution < -0.4 is 11.1 Å². The fourth-order valence-corrected chi connectivity index (χ4v) is 2.08. The minimum atomic E-state index is -0.910. The molecule has 1 aliphatic rings. The number of phenolic OH excluding ortho intramolecular Hbond substituents is 1. The van der Waals surface area contributed by atoms with Crippen molar-refractivity contribution in [3.05, 3.63) is 29.3 Å². The first-order valence-electron chi connectivity index (χ1n) is 5.07. The lowest BCUT2D eigenvalue weighted by Gasteiger charge is -2.35. The largest absolute Gasteiger partial charge is 0.508 e. The van der Waals surface area contributed by atoms with Gasteiger partial charge in [0.25, 0.3) is 0 Å². The topological polar surface area (TPSA) is 84.6 Å². The highest BCUT2D eigenvalue weighted by atomic mass is 16.6. The smallest absolute Gasteiger partial charge is 0.406 e. The Labute approximate surface area is 93.2 Å². The van der Waals surface area contributed by atoms with E-state index in [1.165, 1.54) is 0 Å². The maximum absolute atomic E-state index is 10.9. The first-order chi connectivity index (χ1) is 7.51. The van der Waals surface area contributed by atoms with E-state index in [2.05, 4.69) is 5.32 Å². The molecule has 1 aromatic carbocycles. The molecular formula is C11H14N2O3. The van der Waals surface area contributed by atoms with Crippen LogP contribution in [0.25, 0.3) is 0 Å². The molecule has 1 atom stereocenters. The van der Waals surface area contributed by atoms with Gasteiger partial charge in [-0.15, -0.1) is 0 Å². The van der Waals surface area contributed by atoms with Crippen molar-refractivity contribution in [1.29, 1.82) is 0 Å². The zero-order chi connectivity index (χ0) is 11.8. The van der Waals surface area contributed by atoms with Crippen LogP contribution >= 0.6 is 0 Å². The molecule has 1 heterocycles. The van der Waals surface area contributed by atoms with Crippen LogP contribution in [0.5, 0.6) is 5.75 Å². The van der Waals surface area contributed by atoms with Gasteiger partial charge in [0.05, 0.1) is 0 Å². The fraction of sp³-hybridized carbons (Fsp3) is 0.364. The van der Waals surface area contributed by atoms with Gasteiger partial charge in [0.15, 0.2) is 5.72 Å². The third-order valence-electron chi connectivity index (χ3n) is 2.76. The maximum Gasteiger partial charge on any atom is 0.406 e. The van der Waals surface area contributed by atoms with E-state index in [0.29, 0.717) is 6.54 Å². The zero-order valence-corrected chi connectivity index (χ0v) is 8.99. The number of hydrogen-bond acceptors (Lipinski definition) is 4. The molecule has 0 aliphatic carbocycles. The van der Waals surface area contributed by atoms with E-state index in [1.54, 1.807) is 25.1 Å². The summed E-state index contributed by atoms with van der Waals surface area (Å²) < 4.78 is 5.09. The normalized spacial score (nSPS) is 23.6. The lowest BCUT2D eigenvalue weighted by molar-refractivity contribution is -0.00512. The second kappa shape index (κ2) is 3.68. The average Bonchev–Trinajstić information content (AvgIpc) is 2.15. The van der Waals surface area contributed by atoms with Crippen LogP contribution in [0.2, 0.25) is 0 Å². The Morgan fingerprint density at radius 1 is 1.62 bits per heavy atom. The van der Waals surface area contributed by atoms with E-state index < -0.39 is 11.8 Å². The summed E-state index contributed by atoms with van der Waals surface area (Å²) in [5.41, 5.74) is 5.93. The van der Waals surface area contributed by atoms with Gasteiger partial charge >= 0.3 is 6.09 Å². The number of carbonyl (C=O) groups excluding carboxylic acids is 1. The standard InChI is InChI=1S/C11H14N2O3/c1-11(16-10(12)15)9-3-2-8(14)6-7(9)4-5-13-11/h2-3,6,13-14H,4-5H2,1H3,(H2,12,15). The number of primary amides is 1. The molecule has 5 heteroatoms. The van der Waals surface area contributed by atoms with E-state index in [9.17, 15) is 9.90 Å². The molecule has 4 N–H and O–H groups in total. The first kappa shape index (κ1) is 10.8. The number of amides is 1. The molecule has 1 aliphatic heterocycles. The Morgan fingerprint density at radius 3 is 3.06 bits per heavy atom. The molecule has 1 unspecified atom stereocenters. The number of rotatable bonds is 1. The van der Waals surface area contributed by atoms with Crippen LogP contribution in [0.3, 0.4) is 0 Å². The molecule has 16 heavy (non-hydrogen) atoms. The summed E-state index contributed by atoms with van der Waals surface area (Å²) in [5, 5.41) is 12.5. The van der Waals surface area contributed by atoms with Crippen molar-refractivity contribution >= 4 is 6.09 Å². The summed E-state index contributed by atoms with van der Waals surface area (Å²) in [6.07, 6.45) is -0.0440. The van der Waals surface area contributed by atoms with E-state index in [0.717, 1.165) is 17.5 Å². The first-order valence-corrected chi connectivity index (χ1v) is 5.07. The molecule has 2 rings (SSSR count).